The van der Waals surface area contributed by atoms with E-state index in [2.05, 4.69) is 5.16 Å². The first-order chi connectivity index (χ1) is 4.26. The molecule has 54 valence electrons. The van der Waals surface area contributed by atoms with Crippen LogP contribution in [0, 0.1) is 0 Å². The van der Waals surface area contributed by atoms with Crippen molar-refractivity contribution < 1.29 is 10.3 Å². The zero-order valence-corrected chi connectivity index (χ0v) is 5.83. The molecule has 1 atom stereocenters. The molecule has 0 rings (SSSR count). The fourth-order valence-corrected chi connectivity index (χ4v) is 0.609. The van der Waals surface area contributed by atoms with E-state index in [1.165, 1.54) is 0 Å². The van der Waals surface area contributed by atoms with Gasteiger partial charge < -0.3 is 10.3 Å². The Morgan fingerprint density at radius 2 is 2.11 bits per heavy atom. The van der Waals surface area contributed by atoms with Crippen molar-refractivity contribution in [1.29, 1.82) is 0 Å². The Bertz CT molecular complexity index is 101. The van der Waals surface area contributed by atoms with E-state index in [-0.39, 0.29) is 0 Å². The summed E-state index contributed by atoms with van der Waals surface area (Å²) < 4.78 is 0. The Morgan fingerprint density at radius 1 is 1.56 bits per heavy atom. The minimum Gasteiger partial charge on any atom is -0.411 e. The molecule has 0 spiro atoms. The maximum atomic E-state index is 9.03. The number of rotatable bonds is 3. The van der Waals surface area contributed by atoms with E-state index in [9.17, 15) is 0 Å². The SMILES string of the molecule is CC/C(=N\O)[C@H](O)CC. The normalized spacial score (nSPS) is 15.7. The zero-order valence-electron chi connectivity index (χ0n) is 5.83. The average Bonchev–Trinajstić information content (AvgIpc) is 1.90. The van der Waals surface area contributed by atoms with Crippen LogP contribution >= 0.6 is 0 Å². The summed E-state index contributed by atoms with van der Waals surface area (Å²) in [5, 5.41) is 20.2. The number of aliphatic hydroxyl groups is 1. The first-order valence-corrected chi connectivity index (χ1v) is 3.15. The summed E-state index contributed by atoms with van der Waals surface area (Å²) >= 11 is 0. The quantitative estimate of drug-likeness (QED) is 0.341. The van der Waals surface area contributed by atoms with Crippen molar-refractivity contribution in [3.05, 3.63) is 0 Å². The van der Waals surface area contributed by atoms with Gasteiger partial charge in [0, 0.05) is 0 Å². The smallest absolute Gasteiger partial charge is 0.0951 e. The molecule has 0 radical (unpaired) electrons. The van der Waals surface area contributed by atoms with Crippen molar-refractivity contribution in [2.45, 2.75) is 32.8 Å². The minimum absolute atomic E-state index is 0.456. The molecule has 3 nitrogen and oxygen atoms in total. The third-order valence-corrected chi connectivity index (χ3v) is 1.26. The lowest BCUT2D eigenvalue weighted by Gasteiger charge is -2.05. The summed E-state index contributed by atoms with van der Waals surface area (Å²) in [6.07, 6.45) is 0.638. The van der Waals surface area contributed by atoms with Crippen LogP contribution in [0.3, 0.4) is 0 Å². The van der Waals surface area contributed by atoms with Crippen LogP contribution in [0.15, 0.2) is 5.16 Å². The minimum atomic E-state index is -0.569. The van der Waals surface area contributed by atoms with Crippen molar-refractivity contribution in [2.75, 3.05) is 0 Å². The Morgan fingerprint density at radius 3 is 2.22 bits per heavy atom. The van der Waals surface area contributed by atoms with Crippen LogP contribution in [0.1, 0.15) is 26.7 Å². The van der Waals surface area contributed by atoms with E-state index in [0.717, 1.165) is 0 Å². The van der Waals surface area contributed by atoms with Crippen molar-refractivity contribution in [2.24, 2.45) is 5.16 Å². The molecule has 0 amide bonds. The first kappa shape index (κ1) is 8.43. The van der Waals surface area contributed by atoms with Crippen LogP contribution in [0.2, 0.25) is 0 Å². The van der Waals surface area contributed by atoms with Gasteiger partial charge in [-0.25, -0.2) is 0 Å². The fourth-order valence-electron chi connectivity index (χ4n) is 0.609. The number of oxime groups is 1. The van der Waals surface area contributed by atoms with Crippen molar-refractivity contribution >= 4 is 5.71 Å². The molecule has 0 fully saturated rings. The molecule has 0 unspecified atom stereocenters. The molecule has 0 bridgehead atoms. The lowest BCUT2D eigenvalue weighted by Crippen LogP contribution is -2.18. The number of nitrogens with zero attached hydrogens (tertiary/aromatic N) is 1. The second-order valence-electron chi connectivity index (χ2n) is 1.87. The van der Waals surface area contributed by atoms with Gasteiger partial charge in [-0.15, -0.1) is 0 Å². The van der Waals surface area contributed by atoms with E-state index in [1.807, 2.05) is 13.8 Å². The molecule has 0 aromatic carbocycles. The Labute approximate surface area is 55.0 Å². The van der Waals surface area contributed by atoms with Gasteiger partial charge in [-0.1, -0.05) is 19.0 Å². The summed E-state index contributed by atoms with van der Waals surface area (Å²) in [5.41, 5.74) is 0.456. The summed E-state index contributed by atoms with van der Waals surface area (Å²) in [5.74, 6) is 0. The maximum Gasteiger partial charge on any atom is 0.0951 e. The molecular formula is C6H13NO2. The van der Waals surface area contributed by atoms with Crippen LogP contribution in [-0.2, 0) is 0 Å². The monoisotopic (exact) mass is 131 g/mol. The summed E-state index contributed by atoms with van der Waals surface area (Å²) in [7, 11) is 0. The van der Waals surface area contributed by atoms with Gasteiger partial charge in [0.05, 0.1) is 11.8 Å². The Balaban J connectivity index is 3.80. The molecule has 9 heavy (non-hydrogen) atoms. The molecule has 0 heterocycles. The Hall–Kier alpha value is -0.570. The van der Waals surface area contributed by atoms with Gasteiger partial charge in [0.25, 0.3) is 0 Å². The van der Waals surface area contributed by atoms with Gasteiger partial charge in [-0.2, -0.15) is 0 Å². The summed E-state index contributed by atoms with van der Waals surface area (Å²) in [6.45, 7) is 3.68. The highest BCUT2D eigenvalue weighted by Crippen LogP contribution is 1.97. The molecule has 0 aliphatic carbocycles. The van der Waals surface area contributed by atoms with Crippen molar-refractivity contribution in [3.8, 4) is 0 Å². The van der Waals surface area contributed by atoms with E-state index in [4.69, 9.17) is 10.3 Å². The van der Waals surface area contributed by atoms with Gasteiger partial charge in [0.1, 0.15) is 0 Å². The number of aliphatic hydroxyl groups excluding tert-OH is 1. The molecular weight excluding hydrogens is 118 g/mol. The molecule has 0 aromatic heterocycles. The molecule has 0 aliphatic heterocycles. The third kappa shape index (κ3) is 2.46. The van der Waals surface area contributed by atoms with Crippen LogP contribution < -0.4 is 0 Å². The lowest BCUT2D eigenvalue weighted by molar-refractivity contribution is 0.223. The van der Waals surface area contributed by atoms with Crippen molar-refractivity contribution in [3.63, 3.8) is 0 Å². The molecule has 3 heteroatoms. The highest BCUT2D eigenvalue weighted by Gasteiger charge is 2.06. The predicted molar refractivity (Wildman–Crippen MR) is 35.8 cm³/mol. The van der Waals surface area contributed by atoms with Gasteiger partial charge in [-0.3, -0.25) is 0 Å². The number of hydrogen-bond acceptors (Lipinski definition) is 3. The fraction of sp³-hybridized carbons (Fsp3) is 0.833. The van der Waals surface area contributed by atoms with Crippen LogP contribution in [0.4, 0.5) is 0 Å². The van der Waals surface area contributed by atoms with Gasteiger partial charge in [0.2, 0.25) is 0 Å². The topological polar surface area (TPSA) is 52.8 Å². The molecule has 2 N–H and O–H groups in total. The van der Waals surface area contributed by atoms with E-state index in [1.54, 1.807) is 0 Å². The lowest BCUT2D eigenvalue weighted by atomic mass is 10.1. The summed E-state index contributed by atoms with van der Waals surface area (Å²) in [6, 6.07) is 0. The largest absolute Gasteiger partial charge is 0.411 e. The first-order valence-electron chi connectivity index (χ1n) is 3.15. The average molecular weight is 131 g/mol. The van der Waals surface area contributed by atoms with Crippen LogP contribution in [0.25, 0.3) is 0 Å². The molecule has 0 aromatic rings. The van der Waals surface area contributed by atoms with Crippen LogP contribution in [-0.4, -0.2) is 22.1 Å². The van der Waals surface area contributed by atoms with E-state index in [0.29, 0.717) is 18.6 Å². The van der Waals surface area contributed by atoms with Gasteiger partial charge in [0.15, 0.2) is 0 Å². The van der Waals surface area contributed by atoms with Crippen molar-refractivity contribution in [1.82, 2.24) is 0 Å². The second kappa shape index (κ2) is 4.32. The van der Waals surface area contributed by atoms with Crippen LogP contribution in [0.5, 0.6) is 0 Å². The highest BCUT2D eigenvalue weighted by atomic mass is 16.4. The van der Waals surface area contributed by atoms with Gasteiger partial charge in [-0.05, 0) is 12.8 Å². The zero-order chi connectivity index (χ0) is 7.28. The third-order valence-electron chi connectivity index (χ3n) is 1.26. The predicted octanol–water partition coefficient (Wildman–Crippen LogP) is 0.998. The maximum absolute atomic E-state index is 9.03. The van der Waals surface area contributed by atoms with Gasteiger partial charge >= 0.3 is 0 Å². The Kier molecular flexibility index (Phi) is 4.05. The molecule has 0 aliphatic rings. The molecule has 0 saturated heterocycles. The molecule has 0 saturated carbocycles. The second-order valence-corrected chi connectivity index (χ2v) is 1.87. The highest BCUT2D eigenvalue weighted by molar-refractivity contribution is 5.87. The standard InChI is InChI=1S/C6H13NO2/c1-3-5(7-9)6(8)4-2/h6,8-9H,3-4H2,1-2H3/b7-5+/t6-/m1/s1. The van der Waals surface area contributed by atoms with E-state index < -0.39 is 6.10 Å². The van der Waals surface area contributed by atoms with E-state index >= 15 is 0 Å². The summed E-state index contributed by atoms with van der Waals surface area (Å²) in [4.78, 5) is 0. The number of hydrogen-bond donors (Lipinski definition) is 2.